The molecule has 0 amide bonds. The Morgan fingerprint density at radius 2 is 0.944 bits per heavy atom. The van der Waals surface area contributed by atoms with Gasteiger partial charge in [-0.3, -0.25) is 9.68 Å². The van der Waals surface area contributed by atoms with Crippen molar-refractivity contribution in [1.82, 2.24) is 0 Å². The van der Waals surface area contributed by atoms with Crippen LogP contribution in [-0.4, -0.2) is 14.2 Å². The molecule has 0 fully saturated rings. The molecule has 0 saturated heterocycles. The Kier molecular flexibility index (Phi) is 4.17. The molecule has 0 heterocycles. The number of nitrogens with zero attached hydrogens (tertiary/aromatic N) is 2. The molecule has 0 saturated carbocycles. The smallest absolute Gasteiger partial charge is 0.0905 e. The van der Waals surface area contributed by atoms with Crippen molar-refractivity contribution in [3.05, 3.63) is 60.7 Å². The molecule has 0 unspecified atom stereocenters. The molecule has 0 aliphatic carbocycles. The van der Waals surface area contributed by atoms with E-state index in [1.165, 1.54) is 0 Å². The first kappa shape index (κ1) is 12.4. The number of benzene rings is 2. The molecule has 0 N–H and O–H groups in total. The lowest BCUT2D eigenvalue weighted by atomic mass is 10.3. The molecule has 18 heavy (non-hydrogen) atoms. The first-order valence-electron chi connectivity index (χ1n) is 5.65. The maximum absolute atomic E-state index is 5.38. The second-order valence-corrected chi connectivity index (χ2v) is 3.58. The number of hydrazine groups is 1. The summed E-state index contributed by atoms with van der Waals surface area (Å²) in [5.41, 5.74) is 1.76. The van der Waals surface area contributed by atoms with Gasteiger partial charge < -0.3 is 0 Å². The summed E-state index contributed by atoms with van der Waals surface area (Å²) in [6.07, 6.45) is 0. The van der Waals surface area contributed by atoms with Crippen LogP contribution >= 0.6 is 0 Å². The molecule has 2 rings (SSSR count). The Hall–Kier alpha value is -2.04. The van der Waals surface area contributed by atoms with Crippen molar-refractivity contribution in [3.8, 4) is 0 Å². The molecular formula is C14H16N2O2. The van der Waals surface area contributed by atoms with Gasteiger partial charge >= 0.3 is 0 Å². The molecule has 0 aliphatic heterocycles. The minimum Gasteiger partial charge on any atom is -0.255 e. The largest absolute Gasteiger partial charge is 0.255 e. The SMILES string of the molecule is CON(c1ccccc1)N(OC)c1ccccc1. The van der Waals surface area contributed by atoms with Crippen molar-refractivity contribution in [3.63, 3.8) is 0 Å². The van der Waals surface area contributed by atoms with E-state index in [-0.39, 0.29) is 0 Å². The number of hydrogen-bond donors (Lipinski definition) is 0. The highest BCUT2D eigenvalue weighted by atomic mass is 16.8. The first-order valence-corrected chi connectivity index (χ1v) is 5.65. The monoisotopic (exact) mass is 244 g/mol. The fourth-order valence-electron chi connectivity index (χ4n) is 1.68. The van der Waals surface area contributed by atoms with Gasteiger partial charge in [0.05, 0.1) is 25.6 Å². The van der Waals surface area contributed by atoms with Crippen LogP contribution in [0.15, 0.2) is 60.7 Å². The molecule has 0 bridgehead atoms. The minimum absolute atomic E-state index is 0.880. The van der Waals surface area contributed by atoms with Crippen LogP contribution in [0.3, 0.4) is 0 Å². The van der Waals surface area contributed by atoms with E-state index in [2.05, 4.69) is 0 Å². The number of para-hydroxylation sites is 2. The van der Waals surface area contributed by atoms with Crippen LogP contribution in [0.5, 0.6) is 0 Å². The third-order valence-electron chi connectivity index (χ3n) is 2.47. The maximum Gasteiger partial charge on any atom is 0.0905 e. The van der Waals surface area contributed by atoms with Crippen LogP contribution in [0.2, 0.25) is 0 Å². The van der Waals surface area contributed by atoms with Gasteiger partial charge in [0.1, 0.15) is 0 Å². The van der Waals surface area contributed by atoms with Gasteiger partial charge in [0.15, 0.2) is 0 Å². The second kappa shape index (κ2) is 6.05. The van der Waals surface area contributed by atoms with Crippen molar-refractivity contribution in [2.75, 3.05) is 24.6 Å². The quantitative estimate of drug-likeness (QED) is 0.755. The third kappa shape index (κ3) is 2.61. The number of hydrogen-bond acceptors (Lipinski definition) is 4. The zero-order valence-corrected chi connectivity index (χ0v) is 10.5. The predicted molar refractivity (Wildman–Crippen MR) is 71.9 cm³/mol. The molecule has 0 aromatic heterocycles. The van der Waals surface area contributed by atoms with E-state index in [0.717, 1.165) is 11.4 Å². The van der Waals surface area contributed by atoms with Gasteiger partial charge in [-0.25, -0.2) is 0 Å². The summed E-state index contributed by atoms with van der Waals surface area (Å²) in [5, 5.41) is 3.16. The summed E-state index contributed by atoms with van der Waals surface area (Å²) in [4.78, 5) is 10.8. The van der Waals surface area contributed by atoms with Crippen molar-refractivity contribution < 1.29 is 9.68 Å². The predicted octanol–water partition coefficient (Wildman–Crippen LogP) is 3.04. The normalized spacial score (nSPS) is 10.1. The highest BCUT2D eigenvalue weighted by Crippen LogP contribution is 2.22. The first-order chi connectivity index (χ1) is 8.86. The number of anilines is 2. The van der Waals surface area contributed by atoms with Gasteiger partial charge in [-0.15, -0.1) is 10.3 Å². The lowest BCUT2D eigenvalue weighted by Gasteiger charge is -2.32. The van der Waals surface area contributed by atoms with Gasteiger partial charge in [0, 0.05) is 0 Å². The lowest BCUT2D eigenvalue weighted by molar-refractivity contribution is 0.0469. The summed E-state index contributed by atoms with van der Waals surface area (Å²) in [6, 6.07) is 19.5. The molecule has 2 aromatic rings. The zero-order valence-electron chi connectivity index (χ0n) is 10.5. The highest BCUT2D eigenvalue weighted by Gasteiger charge is 2.16. The van der Waals surface area contributed by atoms with Gasteiger partial charge in [0.2, 0.25) is 0 Å². The fraction of sp³-hybridized carbons (Fsp3) is 0.143. The summed E-state index contributed by atoms with van der Waals surface area (Å²) in [6.45, 7) is 0. The minimum atomic E-state index is 0.880. The van der Waals surface area contributed by atoms with Gasteiger partial charge in [-0.1, -0.05) is 36.4 Å². The summed E-state index contributed by atoms with van der Waals surface area (Å²) < 4.78 is 0. The molecule has 2 aromatic carbocycles. The van der Waals surface area contributed by atoms with Crippen LogP contribution in [0, 0.1) is 0 Å². The van der Waals surface area contributed by atoms with Crippen molar-refractivity contribution >= 4 is 11.4 Å². The molecule has 94 valence electrons. The summed E-state index contributed by atoms with van der Waals surface area (Å²) >= 11 is 0. The van der Waals surface area contributed by atoms with Crippen molar-refractivity contribution in [2.24, 2.45) is 0 Å². The van der Waals surface area contributed by atoms with Gasteiger partial charge in [-0.2, -0.15) is 0 Å². The summed E-state index contributed by atoms with van der Waals surface area (Å²) in [5.74, 6) is 0. The van der Waals surface area contributed by atoms with Crippen LogP contribution < -0.4 is 10.3 Å². The molecule has 4 nitrogen and oxygen atoms in total. The van der Waals surface area contributed by atoms with E-state index in [1.54, 1.807) is 24.6 Å². The average Bonchev–Trinajstić information content (AvgIpc) is 2.46. The van der Waals surface area contributed by atoms with Gasteiger partial charge in [-0.05, 0) is 24.3 Å². The standard InChI is InChI=1S/C14H16N2O2/c1-17-15(13-9-5-3-6-10-13)16(18-2)14-11-7-4-8-12-14/h3-12H,1-2H3. The van der Waals surface area contributed by atoms with Crippen molar-refractivity contribution in [2.45, 2.75) is 0 Å². The van der Waals surface area contributed by atoms with E-state index in [9.17, 15) is 0 Å². The topological polar surface area (TPSA) is 24.9 Å². The Bertz CT molecular complexity index is 416. The molecule has 0 spiro atoms. The second-order valence-electron chi connectivity index (χ2n) is 3.58. The Balaban J connectivity index is 2.31. The van der Waals surface area contributed by atoms with E-state index in [1.807, 2.05) is 60.7 Å². The lowest BCUT2D eigenvalue weighted by Crippen LogP contribution is -2.41. The van der Waals surface area contributed by atoms with Gasteiger partial charge in [0.25, 0.3) is 0 Å². The Morgan fingerprint density at radius 3 is 1.22 bits per heavy atom. The van der Waals surface area contributed by atoms with Crippen LogP contribution in [0.4, 0.5) is 11.4 Å². The van der Waals surface area contributed by atoms with E-state index >= 15 is 0 Å². The van der Waals surface area contributed by atoms with Crippen LogP contribution in [0.1, 0.15) is 0 Å². The third-order valence-corrected chi connectivity index (χ3v) is 2.47. The van der Waals surface area contributed by atoms with Crippen LogP contribution in [0.25, 0.3) is 0 Å². The van der Waals surface area contributed by atoms with E-state index in [0.29, 0.717) is 0 Å². The molecular weight excluding hydrogens is 228 g/mol. The number of rotatable bonds is 5. The zero-order chi connectivity index (χ0) is 12.8. The van der Waals surface area contributed by atoms with E-state index in [4.69, 9.17) is 9.68 Å². The Labute approximate surface area is 107 Å². The fourth-order valence-corrected chi connectivity index (χ4v) is 1.68. The Morgan fingerprint density at radius 1 is 0.611 bits per heavy atom. The maximum atomic E-state index is 5.38. The molecule has 0 radical (unpaired) electrons. The highest BCUT2D eigenvalue weighted by molar-refractivity contribution is 5.53. The summed E-state index contributed by atoms with van der Waals surface area (Å²) in [7, 11) is 3.20. The average molecular weight is 244 g/mol. The molecule has 0 atom stereocenters. The van der Waals surface area contributed by atoms with Crippen molar-refractivity contribution in [1.29, 1.82) is 0 Å². The van der Waals surface area contributed by atoms with Crippen LogP contribution in [-0.2, 0) is 9.68 Å². The van der Waals surface area contributed by atoms with E-state index < -0.39 is 0 Å². The molecule has 0 aliphatic rings. The molecule has 4 heteroatoms.